The Bertz CT molecular complexity index is 731. The average Bonchev–Trinajstić information content (AvgIpc) is 2.47. The maximum atomic E-state index is 12.9. The number of carbonyl (C=O) groups excluding carboxylic acids is 1. The first-order valence-corrected chi connectivity index (χ1v) is 6.50. The highest BCUT2D eigenvalue weighted by atomic mass is 19.4. The van der Waals surface area contributed by atoms with Gasteiger partial charge in [0.15, 0.2) is 12.0 Å². The number of carbonyl (C=O) groups is 1. The van der Waals surface area contributed by atoms with Gasteiger partial charge in [0.05, 0.1) is 5.56 Å². The molecular formula is C15H11F3N2O2. The number of fused-ring (bicyclic) bond motifs is 1. The Balaban J connectivity index is 2.12. The largest absolute Gasteiger partial charge is 0.438 e. The monoisotopic (exact) mass is 308 g/mol. The summed E-state index contributed by atoms with van der Waals surface area (Å²) in [4.78, 5) is 17.4. The number of halogens is 3. The van der Waals surface area contributed by atoms with E-state index in [0.29, 0.717) is 0 Å². The molecule has 0 spiro atoms. The van der Waals surface area contributed by atoms with E-state index in [2.05, 4.69) is 4.98 Å². The Morgan fingerprint density at radius 1 is 1.23 bits per heavy atom. The van der Waals surface area contributed by atoms with Crippen molar-refractivity contribution in [2.24, 2.45) is 0 Å². The standard InChI is InChI=1S/C15H11F3N2O2/c1-9-20(11-5-2-4-10(8-11)15(16,17)18)13-12(14(21)22-9)6-3-7-19-13/h2-9H,1H3. The van der Waals surface area contributed by atoms with Gasteiger partial charge in [0.1, 0.15) is 5.56 Å². The Labute approximate surface area is 124 Å². The predicted molar refractivity (Wildman–Crippen MR) is 72.7 cm³/mol. The zero-order chi connectivity index (χ0) is 15.9. The van der Waals surface area contributed by atoms with Crippen molar-refractivity contribution in [2.45, 2.75) is 19.3 Å². The highest BCUT2D eigenvalue weighted by molar-refractivity contribution is 5.97. The number of aromatic nitrogens is 1. The minimum Gasteiger partial charge on any atom is -0.438 e. The normalized spacial score (nSPS) is 17.9. The smallest absolute Gasteiger partial charge is 0.416 e. The fourth-order valence-electron chi connectivity index (χ4n) is 2.36. The van der Waals surface area contributed by atoms with Crippen molar-refractivity contribution in [1.82, 2.24) is 4.98 Å². The molecule has 1 aromatic carbocycles. The van der Waals surface area contributed by atoms with Gasteiger partial charge in [-0.3, -0.25) is 4.90 Å². The third-order valence-corrected chi connectivity index (χ3v) is 3.33. The molecule has 1 aliphatic heterocycles. The number of nitrogens with zero attached hydrogens (tertiary/aromatic N) is 2. The first-order valence-electron chi connectivity index (χ1n) is 6.50. The van der Waals surface area contributed by atoms with Gasteiger partial charge >= 0.3 is 12.1 Å². The number of esters is 1. The molecule has 3 rings (SSSR count). The molecule has 7 heteroatoms. The van der Waals surface area contributed by atoms with E-state index >= 15 is 0 Å². The molecular weight excluding hydrogens is 297 g/mol. The topological polar surface area (TPSA) is 42.4 Å². The molecule has 0 saturated heterocycles. The number of hydrogen-bond acceptors (Lipinski definition) is 4. The van der Waals surface area contributed by atoms with E-state index in [1.54, 1.807) is 13.0 Å². The lowest BCUT2D eigenvalue weighted by atomic mass is 10.1. The van der Waals surface area contributed by atoms with Gasteiger partial charge in [0.2, 0.25) is 0 Å². The second kappa shape index (κ2) is 5.01. The lowest BCUT2D eigenvalue weighted by Gasteiger charge is -2.34. The molecule has 114 valence electrons. The van der Waals surface area contributed by atoms with Crippen LogP contribution in [-0.2, 0) is 10.9 Å². The Morgan fingerprint density at radius 2 is 2.00 bits per heavy atom. The van der Waals surface area contributed by atoms with E-state index in [1.165, 1.54) is 29.3 Å². The van der Waals surface area contributed by atoms with Crippen molar-refractivity contribution in [2.75, 3.05) is 4.90 Å². The van der Waals surface area contributed by atoms with Crippen LogP contribution < -0.4 is 4.90 Å². The minimum atomic E-state index is -4.45. The molecule has 0 aliphatic carbocycles. The maximum Gasteiger partial charge on any atom is 0.416 e. The summed E-state index contributed by atoms with van der Waals surface area (Å²) in [6, 6.07) is 7.92. The van der Waals surface area contributed by atoms with Crippen molar-refractivity contribution in [3.05, 3.63) is 53.7 Å². The van der Waals surface area contributed by atoms with Gasteiger partial charge in [0.25, 0.3) is 0 Å². The number of alkyl halides is 3. The molecule has 1 aromatic heterocycles. The molecule has 4 nitrogen and oxygen atoms in total. The van der Waals surface area contributed by atoms with E-state index < -0.39 is 23.9 Å². The molecule has 2 aromatic rings. The summed E-state index contributed by atoms with van der Waals surface area (Å²) >= 11 is 0. The summed E-state index contributed by atoms with van der Waals surface area (Å²) in [5, 5.41) is 0. The molecule has 0 saturated carbocycles. The van der Waals surface area contributed by atoms with Crippen LogP contribution in [0.5, 0.6) is 0 Å². The molecule has 0 bridgehead atoms. The number of pyridine rings is 1. The third kappa shape index (κ3) is 2.38. The molecule has 0 fully saturated rings. The maximum absolute atomic E-state index is 12.9. The summed E-state index contributed by atoms with van der Waals surface area (Å²) in [6.45, 7) is 1.58. The van der Waals surface area contributed by atoms with Gasteiger partial charge < -0.3 is 4.74 Å². The van der Waals surface area contributed by atoms with Gasteiger partial charge in [-0.15, -0.1) is 0 Å². The van der Waals surface area contributed by atoms with Gasteiger partial charge in [-0.25, -0.2) is 9.78 Å². The Hall–Kier alpha value is -2.57. The molecule has 1 unspecified atom stereocenters. The van der Waals surface area contributed by atoms with Crippen LogP contribution in [0.4, 0.5) is 24.7 Å². The van der Waals surface area contributed by atoms with E-state index in [9.17, 15) is 18.0 Å². The summed E-state index contributed by atoms with van der Waals surface area (Å²) in [5.41, 5.74) is -0.292. The van der Waals surface area contributed by atoms with E-state index in [0.717, 1.165) is 12.1 Å². The number of cyclic esters (lactones) is 1. The van der Waals surface area contributed by atoms with Crippen LogP contribution in [0, 0.1) is 0 Å². The fourth-order valence-corrected chi connectivity index (χ4v) is 2.36. The average molecular weight is 308 g/mol. The lowest BCUT2D eigenvalue weighted by molar-refractivity contribution is -0.137. The summed E-state index contributed by atoms with van der Waals surface area (Å²) in [6.07, 6.45) is -3.72. The van der Waals surface area contributed by atoms with Crippen molar-refractivity contribution >= 4 is 17.5 Å². The molecule has 0 amide bonds. The SMILES string of the molecule is CC1OC(=O)c2cccnc2N1c1cccc(C(F)(F)F)c1. The summed E-state index contributed by atoms with van der Waals surface area (Å²) in [5.74, 6) is -0.260. The lowest BCUT2D eigenvalue weighted by Crippen LogP contribution is -2.39. The second-order valence-electron chi connectivity index (χ2n) is 4.80. The van der Waals surface area contributed by atoms with Crippen LogP contribution in [0.15, 0.2) is 42.6 Å². The van der Waals surface area contributed by atoms with Crippen LogP contribution in [0.2, 0.25) is 0 Å². The van der Waals surface area contributed by atoms with Crippen LogP contribution in [-0.4, -0.2) is 17.2 Å². The van der Waals surface area contributed by atoms with Crippen LogP contribution in [0.3, 0.4) is 0 Å². The molecule has 0 radical (unpaired) electrons. The second-order valence-corrected chi connectivity index (χ2v) is 4.80. The molecule has 2 heterocycles. The number of ether oxygens (including phenoxy) is 1. The number of benzene rings is 1. The van der Waals surface area contributed by atoms with Crippen molar-refractivity contribution in [1.29, 1.82) is 0 Å². The Kier molecular flexibility index (Phi) is 3.27. The highest BCUT2D eigenvalue weighted by Gasteiger charge is 2.35. The quantitative estimate of drug-likeness (QED) is 0.752. The fraction of sp³-hybridized carbons (Fsp3) is 0.200. The minimum absolute atomic E-state index is 0.220. The number of anilines is 2. The molecule has 0 N–H and O–H groups in total. The van der Waals surface area contributed by atoms with Crippen LogP contribution in [0.1, 0.15) is 22.8 Å². The number of hydrogen-bond donors (Lipinski definition) is 0. The molecule has 22 heavy (non-hydrogen) atoms. The van der Waals surface area contributed by atoms with E-state index in [1.807, 2.05) is 0 Å². The van der Waals surface area contributed by atoms with Crippen LogP contribution >= 0.6 is 0 Å². The van der Waals surface area contributed by atoms with Gasteiger partial charge in [-0.2, -0.15) is 13.2 Å². The zero-order valence-electron chi connectivity index (χ0n) is 11.5. The highest BCUT2D eigenvalue weighted by Crippen LogP contribution is 2.37. The molecule has 1 aliphatic rings. The van der Waals surface area contributed by atoms with E-state index in [-0.39, 0.29) is 17.1 Å². The van der Waals surface area contributed by atoms with Gasteiger partial charge in [-0.1, -0.05) is 6.07 Å². The van der Waals surface area contributed by atoms with Gasteiger partial charge in [0, 0.05) is 11.9 Å². The Morgan fingerprint density at radius 3 is 2.73 bits per heavy atom. The van der Waals surface area contributed by atoms with Crippen molar-refractivity contribution < 1.29 is 22.7 Å². The van der Waals surface area contributed by atoms with Crippen molar-refractivity contribution in [3.8, 4) is 0 Å². The summed E-state index contributed by atoms with van der Waals surface area (Å²) < 4.78 is 43.8. The first kappa shape index (κ1) is 14.4. The first-order chi connectivity index (χ1) is 10.4. The third-order valence-electron chi connectivity index (χ3n) is 3.33. The van der Waals surface area contributed by atoms with Crippen molar-refractivity contribution in [3.63, 3.8) is 0 Å². The van der Waals surface area contributed by atoms with Gasteiger partial charge in [-0.05, 0) is 37.3 Å². The zero-order valence-corrected chi connectivity index (χ0v) is 11.5. The summed E-state index contributed by atoms with van der Waals surface area (Å²) in [7, 11) is 0. The number of rotatable bonds is 1. The molecule has 1 atom stereocenters. The predicted octanol–water partition coefficient (Wildman–Crippen LogP) is 3.75. The van der Waals surface area contributed by atoms with Crippen LogP contribution in [0.25, 0.3) is 0 Å². The van der Waals surface area contributed by atoms with E-state index in [4.69, 9.17) is 4.74 Å².